The number of carbonyl (C=O) groups is 2. The van der Waals surface area contributed by atoms with Crippen LogP contribution in [0.2, 0.25) is 0 Å². The van der Waals surface area contributed by atoms with Crippen molar-refractivity contribution in [2.75, 3.05) is 33.0 Å². The van der Waals surface area contributed by atoms with Crippen molar-refractivity contribution < 1.29 is 19.1 Å². The maximum absolute atomic E-state index is 11.8. The van der Waals surface area contributed by atoms with Gasteiger partial charge in [0.1, 0.15) is 6.61 Å². The van der Waals surface area contributed by atoms with E-state index >= 15 is 0 Å². The third-order valence-electron chi connectivity index (χ3n) is 2.61. The molecular weight excluding hydrogens is 226 g/mol. The highest BCUT2D eigenvalue weighted by Gasteiger charge is 2.35. The molecular formula is C10H19N3O4. The number of ether oxygens (including phenoxy) is 2. The lowest BCUT2D eigenvalue weighted by molar-refractivity contribution is -0.130. The molecule has 2 amide bonds. The van der Waals surface area contributed by atoms with Crippen molar-refractivity contribution in [1.29, 1.82) is 0 Å². The highest BCUT2D eigenvalue weighted by atomic mass is 16.5. The second kappa shape index (κ2) is 6.53. The Morgan fingerprint density at radius 1 is 1.35 bits per heavy atom. The maximum atomic E-state index is 11.8. The minimum absolute atomic E-state index is 0.141. The van der Waals surface area contributed by atoms with E-state index in [1.807, 2.05) is 0 Å². The first kappa shape index (κ1) is 13.9. The molecule has 5 N–H and O–H groups in total. The second-order valence-corrected chi connectivity index (χ2v) is 4.04. The third kappa shape index (κ3) is 4.68. The Hall–Kier alpha value is -1.18. The summed E-state index contributed by atoms with van der Waals surface area (Å²) in [5.41, 5.74) is 10.0. The van der Waals surface area contributed by atoms with Crippen molar-refractivity contribution in [3.8, 4) is 0 Å². The van der Waals surface area contributed by atoms with Crippen LogP contribution in [0.3, 0.4) is 0 Å². The number of hydrogen-bond donors (Lipinski definition) is 3. The molecule has 0 saturated carbocycles. The molecule has 0 aliphatic carbocycles. The summed E-state index contributed by atoms with van der Waals surface area (Å²) in [7, 11) is 0. The molecule has 1 rings (SSSR count). The SMILES string of the molecule is NC(=O)COCCNC(=O)C1(N)CCOCC1. The van der Waals surface area contributed by atoms with Crippen LogP contribution < -0.4 is 16.8 Å². The Morgan fingerprint density at radius 3 is 2.59 bits per heavy atom. The number of nitrogens with two attached hydrogens (primary N) is 2. The van der Waals surface area contributed by atoms with Gasteiger partial charge in [0, 0.05) is 19.8 Å². The summed E-state index contributed by atoms with van der Waals surface area (Å²) in [5, 5.41) is 2.67. The van der Waals surface area contributed by atoms with E-state index in [0.717, 1.165) is 0 Å². The molecule has 7 heteroatoms. The van der Waals surface area contributed by atoms with Crippen molar-refractivity contribution in [3.05, 3.63) is 0 Å². The largest absolute Gasteiger partial charge is 0.381 e. The monoisotopic (exact) mass is 245 g/mol. The van der Waals surface area contributed by atoms with Crippen molar-refractivity contribution in [1.82, 2.24) is 5.32 Å². The van der Waals surface area contributed by atoms with E-state index in [1.54, 1.807) is 0 Å². The molecule has 0 atom stereocenters. The summed E-state index contributed by atoms with van der Waals surface area (Å²) in [5.74, 6) is -0.737. The zero-order valence-corrected chi connectivity index (χ0v) is 9.74. The quantitative estimate of drug-likeness (QED) is 0.473. The smallest absolute Gasteiger partial charge is 0.243 e. The molecule has 1 heterocycles. The van der Waals surface area contributed by atoms with Gasteiger partial charge in [-0.2, -0.15) is 0 Å². The first-order valence-corrected chi connectivity index (χ1v) is 5.55. The van der Waals surface area contributed by atoms with Gasteiger partial charge >= 0.3 is 0 Å². The van der Waals surface area contributed by atoms with E-state index in [0.29, 0.717) is 32.6 Å². The summed E-state index contributed by atoms with van der Waals surface area (Å²) in [6.07, 6.45) is 1.03. The minimum atomic E-state index is -0.845. The van der Waals surface area contributed by atoms with Crippen LogP contribution in [0.25, 0.3) is 0 Å². The Balaban J connectivity index is 2.17. The first-order chi connectivity index (χ1) is 8.04. The van der Waals surface area contributed by atoms with Crippen LogP contribution >= 0.6 is 0 Å². The van der Waals surface area contributed by atoms with Crippen LogP contribution in [-0.2, 0) is 19.1 Å². The molecule has 0 aromatic carbocycles. The predicted molar refractivity (Wildman–Crippen MR) is 60.0 cm³/mol. The van der Waals surface area contributed by atoms with Gasteiger partial charge < -0.3 is 26.3 Å². The van der Waals surface area contributed by atoms with E-state index in [9.17, 15) is 9.59 Å². The van der Waals surface area contributed by atoms with Crippen LogP contribution in [0.1, 0.15) is 12.8 Å². The number of nitrogens with one attached hydrogen (secondary N) is 1. The van der Waals surface area contributed by atoms with E-state index in [2.05, 4.69) is 5.32 Å². The first-order valence-electron chi connectivity index (χ1n) is 5.55. The molecule has 0 unspecified atom stereocenters. The molecule has 0 aromatic rings. The zero-order chi connectivity index (χ0) is 12.7. The van der Waals surface area contributed by atoms with Gasteiger partial charge in [-0.25, -0.2) is 0 Å². The zero-order valence-electron chi connectivity index (χ0n) is 9.74. The lowest BCUT2D eigenvalue weighted by Crippen LogP contribution is -2.57. The molecule has 1 aliphatic heterocycles. The molecule has 7 nitrogen and oxygen atoms in total. The van der Waals surface area contributed by atoms with E-state index in [4.69, 9.17) is 20.9 Å². The Labute approximate surface area is 99.8 Å². The average molecular weight is 245 g/mol. The Kier molecular flexibility index (Phi) is 5.33. The minimum Gasteiger partial charge on any atom is -0.381 e. The summed E-state index contributed by atoms with van der Waals surface area (Å²) >= 11 is 0. The van der Waals surface area contributed by atoms with Gasteiger partial charge in [-0.3, -0.25) is 9.59 Å². The molecule has 0 spiro atoms. The molecule has 98 valence electrons. The van der Waals surface area contributed by atoms with Crippen LogP contribution in [0, 0.1) is 0 Å². The standard InChI is InChI=1S/C10H19N3O4/c11-8(14)7-17-6-3-13-9(15)10(12)1-4-16-5-2-10/h1-7,12H2,(H2,11,14)(H,13,15). The third-order valence-corrected chi connectivity index (χ3v) is 2.61. The molecule has 0 radical (unpaired) electrons. The van der Waals surface area contributed by atoms with Crippen LogP contribution in [0.15, 0.2) is 0 Å². The summed E-state index contributed by atoms with van der Waals surface area (Å²) in [6, 6.07) is 0. The van der Waals surface area contributed by atoms with Crippen molar-refractivity contribution in [3.63, 3.8) is 0 Å². The van der Waals surface area contributed by atoms with Gasteiger partial charge in [-0.15, -0.1) is 0 Å². The van der Waals surface area contributed by atoms with Crippen LogP contribution in [0.4, 0.5) is 0 Å². The van der Waals surface area contributed by atoms with Gasteiger partial charge in [0.15, 0.2) is 0 Å². The fourth-order valence-electron chi connectivity index (χ4n) is 1.55. The number of carbonyl (C=O) groups excluding carboxylic acids is 2. The average Bonchev–Trinajstić information content (AvgIpc) is 2.29. The predicted octanol–water partition coefficient (Wildman–Crippen LogP) is -1.89. The molecule has 0 aromatic heterocycles. The van der Waals surface area contributed by atoms with Crippen molar-refractivity contribution in [2.45, 2.75) is 18.4 Å². The molecule has 17 heavy (non-hydrogen) atoms. The van der Waals surface area contributed by atoms with E-state index in [-0.39, 0.29) is 19.1 Å². The molecule has 1 aliphatic rings. The topological polar surface area (TPSA) is 117 Å². The van der Waals surface area contributed by atoms with Crippen LogP contribution in [0.5, 0.6) is 0 Å². The Morgan fingerprint density at radius 2 is 2.00 bits per heavy atom. The fourth-order valence-corrected chi connectivity index (χ4v) is 1.55. The summed E-state index contributed by atoms with van der Waals surface area (Å²) in [6.45, 7) is 1.41. The van der Waals surface area contributed by atoms with Gasteiger partial charge in [0.05, 0.1) is 12.1 Å². The molecule has 1 fully saturated rings. The highest BCUT2D eigenvalue weighted by molar-refractivity contribution is 5.86. The fraction of sp³-hybridized carbons (Fsp3) is 0.800. The van der Waals surface area contributed by atoms with Gasteiger partial charge in [-0.05, 0) is 12.8 Å². The highest BCUT2D eigenvalue weighted by Crippen LogP contribution is 2.17. The lowest BCUT2D eigenvalue weighted by Gasteiger charge is -2.31. The van der Waals surface area contributed by atoms with Gasteiger partial charge in [0.2, 0.25) is 11.8 Å². The summed E-state index contributed by atoms with van der Waals surface area (Å²) in [4.78, 5) is 22.1. The molecule has 1 saturated heterocycles. The van der Waals surface area contributed by atoms with Gasteiger partial charge in [-0.1, -0.05) is 0 Å². The number of amides is 2. The van der Waals surface area contributed by atoms with E-state index < -0.39 is 11.4 Å². The van der Waals surface area contributed by atoms with Crippen molar-refractivity contribution in [2.24, 2.45) is 11.5 Å². The number of primary amides is 1. The lowest BCUT2D eigenvalue weighted by atomic mass is 9.90. The van der Waals surface area contributed by atoms with Crippen LogP contribution in [-0.4, -0.2) is 50.3 Å². The second-order valence-electron chi connectivity index (χ2n) is 4.04. The number of hydrogen-bond acceptors (Lipinski definition) is 5. The number of rotatable bonds is 6. The van der Waals surface area contributed by atoms with Gasteiger partial charge in [0.25, 0.3) is 0 Å². The van der Waals surface area contributed by atoms with Crippen molar-refractivity contribution >= 4 is 11.8 Å². The summed E-state index contributed by atoms with van der Waals surface area (Å²) < 4.78 is 10.1. The molecule has 0 bridgehead atoms. The normalized spacial score (nSPS) is 18.6. The Bertz CT molecular complexity index is 277. The van der Waals surface area contributed by atoms with E-state index in [1.165, 1.54) is 0 Å². The maximum Gasteiger partial charge on any atom is 0.243 e.